The summed E-state index contributed by atoms with van der Waals surface area (Å²) in [5.74, 6) is 2.54. The van der Waals surface area contributed by atoms with Gasteiger partial charge in [-0.05, 0) is 19.2 Å². The van der Waals surface area contributed by atoms with Crippen molar-refractivity contribution < 1.29 is 9.32 Å². The molecule has 0 unspecified atom stereocenters. The van der Waals surface area contributed by atoms with Crippen LogP contribution in [0.3, 0.4) is 0 Å². The van der Waals surface area contributed by atoms with Gasteiger partial charge >= 0.3 is 0 Å². The number of carbonyl (C=O) groups is 1. The van der Waals surface area contributed by atoms with E-state index in [0.717, 1.165) is 22.9 Å². The molecule has 1 saturated heterocycles. The minimum Gasteiger partial charge on any atom is -0.359 e. The predicted molar refractivity (Wildman–Crippen MR) is 85.1 cm³/mol. The largest absolute Gasteiger partial charge is 0.359 e. The van der Waals surface area contributed by atoms with E-state index in [1.807, 2.05) is 25.2 Å². The fraction of sp³-hybridized carbons (Fsp3) is 0.400. The molecule has 1 aliphatic rings. The molecular weight excluding hydrogens is 300 g/mol. The van der Waals surface area contributed by atoms with E-state index in [4.69, 9.17) is 4.52 Å². The summed E-state index contributed by atoms with van der Waals surface area (Å²) in [6.45, 7) is 0.423. The molecular formula is C15H18N4O2S. The molecule has 7 heteroatoms. The Morgan fingerprint density at radius 1 is 1.50 bits per heavy atom. The van der Waals surface area contributed by atoms with Crippen molar-refractivity contribution in [3.8, 4) is 11.3 Å². The highest BCUT2D eigenvalue weighted by Crippen LogP contribution is 2.22. The molecule has 1 aliphatic heterocycles. The molecule has 3 heterocycles. The number of amides is 1. The molecule has 0 N–H and O–H groups in total. The summed E-state index contributed by atoms with van der Waals surface area (Å²) >= 11 is 1.78. The summed E-state index contributed by atoms with van der Waals surface area (Å²) in [4.78, 5) is 20.2. The zero-order valence-corrected chi connectivity index (χ0v) is 13.4. The van der Waals surface area contributed by atoms with Crippen molar-refractivity contribution in [2.24, 2.45) is 0 Å². The average molecular weight is 318 g/mol. The average Bonchev–Trinajstić information content (AvgIpc) is 3.16. The molecule has 2 aromatic heterocycles. The number of carbonyl (C=O) groups excluding carboxylic acids is 1. The van der Waals surface area contributed by atoms with Gasteiger partial charge in [0.1, 0.15) is 5.69 Å². The van der Waals surface area contributed by atoms with Crippen LogP contribution < -0.4 is 0 Å². The molecule has 6 nitrogen and oxygen atoms in total. The van der Waals surface area contributed by atoms with Crippen molar-refractivity contribution in [2.45, 2.75) is 12.6 Å². The van der Waals surface area contributed by atoms with Gasteiger partial charge in [0.05, 0.1) is 12.6 Å². The Kier molecular flexibility index (Phi) is 4.44. The first-order valence-corrected chi connectivity index (χ1v) is 8.19. The van der Waals surface area contributed by atoms with Crippen LogP contribution in [0, 0.1) is 0 Å². The van der Waals surface area contributed by atoms with E-state index >= 15 is 0 Å². The van der Waals surface area contributed by atoms with E-state index < -0.39 is 0 Å². The highest BCUT2D eigenvalue weighted by molar-refractivity contribution is 7.99. The van der Waals surface area contributed by atoms with Crippen LogP contribution in [0.15, 0.2) is 35.1 Å². The molecule has 116 valence electrons. The molecule has 0 aromatic carbocycles. The van der Waals surface area contributed by atoms with Gasteiger partial charge in [-0.1, -0.05) is 5.16 Å². The number of nitrogens with zero attached hydrogens (tertiary/aromatic N) is 4. The quantitative estimate of drug-likeness (QED) is 0.855. The lowest BCUT2D eigenvalue weighted by Crippen LogP contribution is -2.43. The van der Waals surface area contributed by atoms with Crippen LogP contribution in [-0.2, 0) is 11.3 Å². The number of likely N-dealkylation sites (N-methyl/N-ethyl adjacent to an activating group) is 2. The lowest BCUT2D eigenvalue weighted by molar-refractivity contribution is -0.134. The second-order valence-corrected chi connectivity index (χ2v) is 6.38. The second-order valence-electron chi connectivity index (χ2n) is 5.38. The van der Waals surface area contributed by atoms with Crippen molar-refractivity contribution in [3.63, 3.8) is 0 Å². The zero-order chi connectivity index (χ0) is 15.5. The normalized spacial score (nSPS) is 18.5. The third-order valence-corrected chi connectivity index (χ3v) is 4.83. The Hall–Kier alpha value is -1.86. The van der Waals surface area contributed by atoms with Gasteiger partial charge in [0, 0.05) is 42.7 Å². The number of aromatic nitrogens is 2. The minimum absolute atomic E-state index is 0.0439. The van der Waals surface area contributed by atoms with Gasteiger partial charge < -0.3 is 9.42 Å². The molecule has 0 saturated carbocycles. The Morgan fingerprint density at radius 2 is 2.27 bits per heavy atom. The molecule has 0 aliphatic carbocycles. The molecule has 1 atom stereocenters. The third kappa shape index (κ3) is 3.15. The first kappa shape index (κ1) is 15.1. The Morgan fingerprint density at radius 3 is 2.95 bits per heavy atom. The number of thioether (sulfide) groups is 1. The van der Waals surface area contributed by atoms with Crippen LogP contribution in [0.4, 0.5) is 0 Å². The van der Waals surface area contributed by atoms with Gasteiger partial charge in [-0.3, -0.25) is 14.7 Å². The van der Waals surface area contributed by atoms with Crippen LogP contribution in [0.2, 0.25) is 0 Å². The minimum atomic E-state index is -0.0439. The molecule has 1 fully saturated rings. The van der Waals surface area contributed by atoms with Crippen LogP contribution >= 0.6 is 11.8 Å². The summed E-state index contributed by atoms with van der Waals surface area (Å²) < 4.78 is 5.35. The van der Waals surface area contributed by atoms with Crippen LogP contribution in [0.25, 0.3) is 11.3 Å². The monoisotopic (exact) mass is 318 g/mol. The smallest absolute Gasteiger partial charge is 0.240 e. The number of pyridine rings is 1. The highest BCUT2D eigenvalue weighted by Gasteiger charge is 2.30. The Balaban J connectivity index is 1.66. The molecule has 1 amide bonds. The molecule has 2 aromatic rings. The number of hydrogen-bond donors (Lipinski definition) is 0. The lowest BCUT2D eigenvalue weighted by atomic mass is 10.2. The van der Waals surface area contributed by atoms with Crippen LogP contribution in [0.1, 0.15) is 5.76 Å². The van der Waals surface area contributed by atoms with Crippen LogP contribution in [-0.4, -0.2) is 57.6 Å². The molecule has 0 radical (unpaired) electrons. The first-order valence-electron chi connectivity index (χ1n) is 7.04. The number of hydrogen-bond acceptors (Lipinski definition) is 6. The van der Waals surface area contributed by atoms with Gasteiger partial charge in [0.2, 0.25) is 5.91 Å². The van der Waals surface area contributed by atoms with Gasteiger partial charge in [0.15, 0.2) is 5.76 Å². The Labute approximate surface area is 133 Å². The van der Waals surface area contributed by atoms with Gasteiger partial charge in [-0.15, -0.1) is 11.8 Å². The van der Waals surface area contributed by atoms with Gasteiger partial charge in [0.25, 0.3) is 0 Å². The fourth-order valence-electron chi connectivity index (χ4n) is 2.40. The van der Waals surface area contributed by atoms with Crippen LogP contribution in [0.5, 0.6) is 0 Å². The van der Waals surface area contributed by atoms with E-state index in [0.29, 0.717) is 12.3 Å². The molecule has 22 heavy (non-hydrogen) atoms. The highest BCUT2D eigenvalue weighted by atomic mass is 32.2. The van der Waals surface area contributed by atoms with E-state index in [2.05, 4.69) is 15.0 Å². The van der Waals surface area contributed by atoms with Gasteiger partial charge in [-0.25, -0.2) is 0 Å². The van der Waals surface area contributed by atoms with Crippen molar-refractivity contribution >= 4 is 17.7 Å². The zero-order valence-electron chi connectivity index (χ0n) is 12.6. The topological polar surface area (TPSA) is 62.5 Å². The predicted octanol–water partition coefficient (Wildman–Crippen LogP) is 1.70. The lowest BCUT2D eigenvalue weighted by Gasteiger charge is -2.23. The summed E-state index contributed by atoms with van der Waals surface area (Å²) in [6, 6.07) is 5.58. The Bertz CT molecular complexity index is 646. The van der Waals surface area contributed by atoms with Crippen molar-refractivity contribution in [1.82, 2.24) is 19.9 Å². The molecule has 0 bridgehead atoms. The van der Waals surface area contributed by atoms with E-state index in [1.54, 1.807) is 36.1 Å². The van der Waals surface area contributed by atoms with E-state index in [9.17, 15) is 4.79 Å². The molecule has 0 spiro atoms. The summed E-state index contributed by atoms with van der Waals surface area (Å²) in [6.07, 6.45) is 3.43. The first-order chi connectivity index (χ1) is 10.6. The maximum Gasteiger partial charge on any atom is 0.240 e. The van der Waals surface area contributed by atoms with Crippen molar-refractivity contribution in [2.75, 3.05) is 25.7 Å². The van der Waals surface area contributed by atoms with Gasteiger partial charge in [-0.2, -0.15) is 0 Å². The maximum atomic E-state index is 12.4. The third-order valence-electron chi connectivity index (χ3n) is 3.69. The second kappa shape index (κ2) is 6.50. The van der Waals surface area contributed by atoms with Crippen molar-refractivity contribution in [3.05, 3.63) is 36.4 Å². The standard InChI is InChI=1S/C15H18N4O2S/c1-18(15(20)14-9-22-10-19(14)2)8-12-7-13(17-21-12)11-3-5-16-6-4-11/h3-7,14H,8-10H2,1-2H3/t14-/m0/s1. The molecule has 3 rings (SSSR count). The SMILES string of the molecule is CN(Cc1cc(-c2ccncc2)no1)C(=O)[C@@H]1CSCN1C. The number of rotatable bonds is 4. The van der Waals surface area contributed by atoms with E-state index in [-0.39, 0.29) is 11.9 Å². The summed E-state index contributed by atoms with van der Waals surface area (Å²) in [5.41, 5.74) is 1.71. The summed E-state index contributed by atoms with van der Waals surface area (Å²) in [7, 11) is 3.78. The fourth-order valence-corrected chi connectivity index (χ4v) is 3.59. The summed E-state index contributed by atoms with van der Waals surface area (Å²) in [5, 5.41) is 4.06. The maximum absolute atomic E-state index is 12.4. The van der Waals surface area contributed by atoms with Crippen molar-refractivity contribution in [1.29, 1.82) is 0 Å². The van der Waals surface area contributed by atoms with E-state index in [1.165, 1.54) is 0 Å².